The quantitative estimate of drug-likeness (QED) is 0.851. The Morgan fingerprint density at radius 1 is 1.19 bits per heavy atom. The molecule has 0 aliphatic rings. The van der Waals surface area contributed by atoms with Gasteiger partial charge >= 0.3 is 0 Å². The summed E-state index contributed by atoms with van der Waals surface area (Å²) in [7, 11) is 1.75. The SMILES string of the molecule is COCC(CNCC(C)C)n1cnc2cc(C)c(C)cc21. The van der Waals surface area contributed by atoms with Crippen LogP contribution in [0.15, 0.2) is 18.5 Å². The lowest BCUT2D eigenvalue weighted by atomic mass is 10.1. The van der Waals surface area contributed by atoms with Crippen LogP contribution in [0.2, 0.25) is 0 Å². The molecular weight excluding hydrogens is 262 g/mol. The van der Waals surface area contributed by atoms with Crippen LogP contribution in [0.5, 0.6) is 0 Å². The zero-order chi connectivity index (χ0) is 15.4. The predicted molar refractivity (Wildman–Crippen MR) is 87.8 cm³/mol. The Labute approximate surface area is 127 Å². The van der Waals surface area contributed by atoms with Crippen LogP contribution in [0, 0.1) is 19.8 Å². The summed E-state index contributed by atoms with van der Waals surface area (Å²) in [6, 6.07) is 4.65. The smallest absolute Gasteiger partial charge is 0.0962 e. The van der Waals surface area contributed by atoms with Gasteiger partial charge in [-0.2, -0.15) is 0 Å². The predicted octanol–water partition coefficient (Wildman–Crippen LogP) is 3.09. The molecule has 116 valence electrons. The Morgan fingerprint density at radius 3 is 2.57 bits per heavy atom. The number of fused-ring (bicyclic) bond motifs is 1. The zero-order valence-electron chi connectivity index (χ0n) is 13.8. The fourth-order valence-electron chi connectivity index (χ4n) is 2.54. The van der Waals surface area contributed by atoms with Gasteiger partial charge in [0.2, 0.25) is 0 Å². The maximum Gasteiger partial charge on any atom is 0.0962 e. The lowest BCUT2D eigenvalue weighted by Crippen LogP contribution is -2.30. The Bertz CT molecular complexity index is 589. The minimum atomic E-state index is 0.265. The molecule has 0 fully saturated rings. The summed E-state index contributed by atoms with van der Waals surface area (Å²) in [6.07, 6.45) is 1.93. The third kappa shape index (κ3) is 3.83. The normalized spacial score (nSPS) is 13.2. The van der Waals surface area contributed by atoms with Gasteiger partial charge in [0.1, 0.15) is 0 Å². The molecule has 0 saturated carbocycles. The Kier molecular flexibility index (Phi) is 5.37. The minimum Gasteiger partial charge on any atom is -0.382 e. The second kappa shape index (κ2) is 7.05. The molecule has 21 heavy (non-hydrogen) atoms. The molecule has 4 nitrogen and oxygen atoms in total. The number of benzene rings is 1. The highest BCUT2D eigenvalue weighted by molar-refractivity contribution is 5.77. The fraction of sp³-hybridized carbons (Fsp3) is 0.588. The molecule has 2 aromatic rings. The lowest BCUT2D eigenvalue weighted by Gasteiger charge is -2.20. The van der Waals surface area contributed by atoms with Crippen LogP contribution < -0.4 is 5.32 Å². The molecule has 0 amide bonds. The van der Waals surface area contributed by atoms with Gasteiger partial charge in [-0.1, -0.05) is 13.8 Å². The highest BCUT2D eigenvalue weighted by Crippen LogP contribution is 2.21. The summed E-state index contributed by atoms with van der Waals surface area (Å²) < 4.78 is 7.63. The van der Waals surface area contributed by atoms with E-state index in [1.54, 1.807) is 7.11 Å². The van der Waals surface area contributed by atoms with Gasteiger partial charge in [0, 0.05) is 13.7 Å². The molecule has 0 bridgehead atoms. The Morgan fingerprint density at radius 2 is 1.90 bits per heavy atom. The van der Waals surface area contributed by atoms with E-state index in [9.17, 15) is 0 Å². The van der Waals surface area contributed by atoms with E-state index in [0.717, 1.165) is 18.6 Å². The molecule has 1 atom stereocenters. The molecule has 0 aliphatic heterocycles. The molecular formula is C17H27N3O. The fourth-order valence-corrected chi connectivity index (χ4v) is 2.54. The number of methoxy groups -OCH3 is 1. The first-order valence-corrected chi connectivity index (χ1v) is 7.66. The molecule has 1 aromatic heterocycles. The maximum absolute atomic E-state index is 5.40. The van der Waals surface area contributed by atoms with Crippen molar-refractivity contribution >= 4 is 11.0 Å². The largest absolute Gasteiger partial charge is 0.382 e. The van der Waals surface area contributed by atoms with Crippen LogP contribution >= 0.6 is 0 Å². The second-order valence-electron chi connectivity index (χ2n) is 6.24. The highest BCUT2D eigenvalue weighted by Gasteiger charge is 2.14. The number of nitrogens with one attached hydrogen (secondary N) is 1. The van der Waals surface area contributed by atoms with E-state index in [1.807, 2.05) is 6.33 Å². The first-order chi connectivity index (χ1) is 10.0. The van der Waals surface area contributed by atoms with Crippen molar-refractivity contribution in [2.75, 3.05) is 26.8 Å². The number of rotatable bonds is 7. The average molecular weight is 289 g/mol. The van der Waals surface area contributed by atoms with Gasteiger partial charge < -0.3 is 14.6 Å². The highest BCUT2D eigenvalue weighted by atomic mass is 16.5. The van der Waals surface area contributed by atoms with Gasteiger partial charge in [-0.3, -0.25) is 0 Å². The van der Waals surface area contributed by atoms with Crippen molar-refractivity contribution in [2.45, 2.75) is 33.7 Å². The summed E-state index contributed by atoms with van der Waals surface area (Å²) in [5.41, 5.74) is 4.83. The standard InChI is InChI=1S/C17H27N3O/c1-12(2)8-18-9-15(10-21-5)20-11-19-16-6-13(3)14(4)7-17(16)20/h6-7,11-12,15,18H,8-10H2,1-5H3. The van der Waals surface area contributed by atoms with Gasteiger partial charge in [0.05, 0.1) is 30.0 Å². The van der Waals surface area contributed by atoms with Crippen molar-refractivity contribution in [3.63, 3.8) is 0 Å². The molecule has 0 aliphatic carbocycles. The van der Waals surface area contributed by atoms with E-state index in [-0.39, 0.29) is 6.04 Å². The van der Waals surface area contributed by atoms with Crippen LogP contribution in [-0.4, -0.2) is 36.4 Å². The summed E-state index contributed by atoms with van der Waals surface area (Å²) in [4.78, 5) is 4.55. The zero-order valence-corrected chi connectivity index (χ0v) is 13.8. The monoisotopic (exact) mass is 289 g/mol. The lowest BCUT2D eigenvalue weighted by molar-refractivity contribution is 0.155. The molecule has 0 spiro atoms. The maximum atomic E-state index is 5.40. The summed E-state index contributed by atoms with van der Waals surface area (Å²) in [5.74, 6) is 0.651. The van der Waals surface area contributed by atoms with Crippen LogP contribution in [0.1, 0.15) is 31.0 Å². The number of hydrogen-bond donors (Lipinski definition) is 1. The number of imidazole rings is 1. The molecule has 4 heteroatoms. The van der Waals surface area contributed by atoms with E-state index in [2.05, 4.69) is 54.7 Å². The summed E-state index contributed by atoms with van der Waals surface area (Å²) in [5, 5.41) is 3.52. The number of aromatic nitrogens is 2. The van der Waals surface area contributed by atoms with Crippen LogP contribution in [0.4, 0.5) is 0 Å². The Hall–Kier alpha value is -1.39. The van der Waals surface area contributed by atoms with E-state index < -0.39 is 0 Å². The number of nitrogens with zero attached hydrogens (tertiary/aromatic N) is 2. The summed E-state index contributed by atoms with van der Waals surface area (Å²) in [6.45, 7) is 11.3. The second-order valence-corrected chi connectivity index (χ2v) is 6.24. The molecule has 1 N–H and O–H groups in total. The average Bonchev–Trinajstić information content (AvgIpc) is 2.81. The Balaban J connectivity index is 2.25. The van der Waals surface area contributed by atoms with E-state index >= 15 is 0 Å². The number of ether oxygens (including phenoxy) is 1. The first kappa shape index (κ1) is 16.0. The van der Waals surface area contributed by atoms with Gasteiger partial charge in [0.25, 0.3) is 0 Å². The van der Waals surface area contributed by atoms with Crippen LogP contribution in [0.25, 0.3) is 11.0 Å². The van der Waals surface area contributed by atoms with E-state index in [0.29, 0.717) is 12.5 Å². The van der Waals surface area contributed by atoms with E-state index in [4.69, 9.17) is 4.74 Å². The topological polar surface area (TPSA) is 39.1 Å². The molecule has 0 radical (unpaired) electrons. The molecule has 1 unspecified atom stereocenters. The molecule has 0 saturated heterocycles. The number of hydrogen-bond acceptors (Lipinski definition) is 3. The minimum absolute atomic E-state index is 0.265. The van der Waals surface area contributed by atoms with Gasteiger partial charge in [-0.25, -0.2) is 4.98 Å². The van der Waals surface area contributed by atoms with E-state index in [1.165, 1.54) is 16.6 Å². The molecule has 2 rings (SSSR count). The third-order valence-corrected chi connectivity index (χ3v) is 3.88. The van der Waals surface area contributed by atoms with Crippen LogP contribution in [-0.2, 0) is 4.74 Å². The van der Waals surface area contributed by atoms with Gasteiger partial charge in [0.15, 0.2) is 0 Å². The van der Waals surface area contributed by atoms with Crippen molar-refractivity contribution in [3.8, 4) is 0 Å². The van der Waals surface area contributed by atoms with Crippen LogP contribution in [0.3, 0.4) is 0 Å². The van der Waals surface area contributed by atoms with Crippen molar-refractivity contribution in [1.82, 2.24) is 14.9 Å². The van der Waals surface area contributed by atoms with Crippen molar-refractivity contribution in [1.29, 1.82) is 0 Å². The summed E-state index contributed by atoms with van der Waals surface area (Å²) >= 11 is 0. The van der Waals surface area contributed by atoms with Gasteiger partial charge in [-0.05, 0) is 49.6 Å². The number of aryl methyl sites for hydroxylation is 2. The van der Waals surface area contributed by atoms with Crippen molar-refractivity contribution in [2.24, 2.45) is 5.92 Å². The molecule has 1 heterocycles. The molecule has 1 aromatic carbocycles. The third-order valence-electron chi connectivity index (χ3n) is 3.88. The van der Waals surface area contributed by atoms with Gasteiger partial charge in [-0.15, -0.1) is 0 Å². The van der Waals surface area contributed by atoms with Crippen molar-refractivity contribution in [3.05, 3.63) is 29.6 Å². The first-order valence-electron chi connectivity index (χ1n) is 7.66. The van der Waals surface area contributed by atoms with Crippen molar-refractivity contribution < 1.29 is 4.74 Å².